The molecule has 0 aromatic carbocycles. The quantitative estimate of drug-likeness (QED) is 0.404. The first kappa shape index (κ1) is 16.7. The van der Waals surface area contributed by atoms with E-state index in [4.69, 9.17) is 5.11 Å². The lowest BCUT2D eigenvalue weighted by molar-refractivity contribution is 0.306. The summed E-state index contributed by atoms with van der Waals surface area (Å²) in [6, 6.07) is 4.19. The Labute approximate surface area is 124 Å². The van der Waals surface area contributed by atoms with Gasteiger partial charge < -0.3 is 15.7 Å². The van der Waals surface area contributed by atoms with E-state index in [1.54, 1.807) is 11.3 Å². The topological polar surface area (TPSA) is 56.7 Å². The molecule has 0 aliphatic heterocycles. The Morgan fingerprint density at radius 3 is 2.88 bits per heavy atom. The molecule has 0 bridgehead atoms. The number of aliphatic hydroxyl groups is 1. The largest absolute Gasteiger partial charge is 0.394 e. The summed E-state index contributed by atoms with van der Waals surface area (Å²) in [7, 11) is 0. The van der Waals surface area contributed by atoms with Crippen LogP contribution in [-0.4, -0.2) is 37.3 Å². The number of thiophene rings is 1. The Bertz CT molecular complexity index is 304. The summed E-state index contributed by atoms with van der Waals surface area (Å²) in [5.74, 6) is 0.771. The minimum atomic E-state index is 0. The van der Waals surface area contributed by atoms with Crippen LogP contribution < -0.4 is 10.6 Å². The molecule has 98 valence electrons. The molecule has 0 atom stereocenters. The third kappa shape index (κ3) is 7.56. The maximum absolute atomic E-state index is 8.70. The van der Waals surface area contributed by atoms with Gasteiger partial charge in [0.15, 0.2) is 5.96 Å². The minimum Gasteiger partial charge on any atom is -0.394 e. The molecule has 1 heterocycles. The Balaban J connectivity index is 0.00000256. The van der Waals surface area contributed by atoms with Crippen LogP contribution in [0, 0.1) is 0 Å². The molecule has 0 aliphatic carbocycles. The molecule has 6 heteroatoms. The van der Waals surface area contributed by atoms with Crippen molar-refractivity contribution in [2.75, 3.05) is 26.2 Å². The van der Waals surface area contributed by atoms with Crippen molar-refractivity contribution in [1.82, 2.24) is 10.6 Å². The summed E-state index contributed by atoms with van der Waals surface area (Å²) in [6.45, 7) is 4.24. The van der Waals surface area contributed by atoms with Crippen LogP contribution in [0.15, 0.2) is 22.5 Å². The Morgan fingerprint density at radius 2 is 2.29 bits per heavy atom. The Morgan fingerprint density at radius 1 is 1.47 bits per heavy atom. The van der Waals surface area contributed by atoms with E-state index in [-0.39, 0.29) is 30.6 Å². The van der Waals surface area contributed by atoms with Crippen molar-refractivity contribution >= 4 is 41.3 Å². The van der Waals surface area contributed by atoms with E-state index in [9.17, 15) is 0 Å². The first-order chi connectivity index (χ1) is 7.86. The fraction of sp³-hybridized carbons (Fsp3) is 0.545. The van der Waals surface area contributed by atoms with E-state index in [0.29, 0.717) is 6.54 Å². The summed E-state index contributed by atoms with van der Waals surface area (Å²) in [4.78, 5) is 5.56. The molecule has 0 spiro atoms. The summed E-state index contributed by atoms with van der Waals surface area (Å²) >= 11 is 1.77. The second kappa shape index (κ2) is 10.8. The second-order valence-corrected chi connectivity index (χ2v) is 4.27. The van der Waals surface area contributed by atoms with Crippen molar-refractivity contribution in [1.29, 1.82) is 0 Å². The third-order valence-corrected chi connectivity index (χ3v) is 2.89. The van der Waals surface area contributed by atoms with E-state index < -0.39 is 0 Å². The highest BCUT2D eigenvalue weighted by Crippen LogP contribution is 2.07. The number of nitrogens with one attached hydrogen (secondary N) is 2. The zero-order chi connectivity index (χ0) is 11.6. The zero-order valence-electron chi connectivity index (χ0n) is 9.98. The lowest BCUT2D eigenvalue weighted by atomic mass is 10.3. The van der Waals surface area contributed by atoms with Crippen molar-refractivity contribution in [2.45, 2.75) is 13.3 Å². The van der Waals surface area contributed by atoms with Gasteiger partial charge in [-0.3, -0.25) is 4.99 Å². The number of aliphatic imine (C=N–C) groups is 1. The second-order valence-electron chi connectivity index (χ2n) is 3.24. The van der Waals surface area contributed by atoms with E-state index in [0.717, 1.165) is 25.5 Å². The van der Waals surface area contributed by atoms with Crippen LogP contribution in [0.4, 0.5) is 0 Å². The highest BCUT2D eigenvalue weighted by Gasteiger charge is 1.97. The molecule has 0 unspecified atom stereocenters. The molecular formula is C11H20IN3OS. The fourth-order valence-electron chi connectivity index (χ4n) is 1.26. The van der Waals surface area contributed by atoms with Crippen molar-refractivity contribution in [3.63, 3.8) is 0 Å². The summed E-state index contributed by atoms with van der Waals surface area (Å²) in [6.07, 6.45) is 1.00. The number of guanidine groups is 1. The van der Waals surface area contributed by atoms with Crippen LogP contribution >= 0.6 is 35.3 Å². The molecule has 0 saturated carbocycles. The minimum absolute atomic E-state index is 0. The SMILES string of the molecule is CCNC(=NCCO)NCCc1cccs1.I. The third-order valence-electron chi connectivity index (χ3n) is 1.96. The van der Waals surface area contributed by atoms with E-state index in [1.807, 2.05) is 6.92 Å². The maximum atomic E-state index is 8.70. The van der Waals surface area contributed by atoms with Gasteiger partial charge in [0.2, 0.25) is 0 Å². The number of rotatable bonds is 6. The molecule has 4 nitrogen and oxygen atoms in total. The number of halogens is 1. The van der Waals surface area contributed by atoms with Crippen LogP contribution in [0.1, 0.15) is 11.8 Å². The molecule has 0 fully saturated rings. The van der Waals surface area contributed by atoms with Crippen LogP contribution in [-0.2, 0) is 6.42 Å². The Hall–Kier alpha value is -0.340. The lowest BCUT2D eigenvalue weighted by Crippen LogP contribution is -2.38. The maximum Gasteiger partial charge on any atom is 0.191 e. The van der Waals surface area contributed by atoms with Gasteiger partial charge in [-0.25, -0.2) is 0 Å². The predicted molar refractivity (Wildman–Crippen MR) is 84.5 cm³/mol. The molecular weight excluding hydrogens is 349 g/mol. The average Bonchev–Trinajstić information content (AvgIpc) is 2.79. The smallest absolute Gasteiger partial charge is 0.191 e. The fourth-order valence-corrected chi connectivity index (χ4v) is 1.97. The molecule has 0 aliphatic rings. The zero-order valence-corrected chi connectivity index (χ0v) is 13.1. The standard InChI is InChI=1S/C11H19N3OS.HI/c1-2-12-11(14-7-8-15)13-6-5-10-4-3-9-16-10;/h3-4,9,15H,2,5-8H2,1H3,(H2,12,13,14);1H. The number of nitrogens with zero attached hydrogens (tertiary/aromatic N) is 1. The molecule has 0 radical (unpaired) electrons. The van der Waals surface area contributed by atoms with Gasteiger partial charge in [0, 0.05) is 18.0 Å². The highest BCUT2D eigenvalue weighted by molar-refractivity contribution is 14.0. The van der Waals surface area contributed by atoms with Crippen LogP contribution in [0.5, 0.6) is 0 Å². The number of hydrogen-bond acceptors (Lipinski definition) is 3. The van der Waals surface area contributed by atoms with E-state index >= 15 is 0 Å². The molecule has 1 aromatic heterocycles. The summed E-state index contributed by atoms with van der Waals surface area (Å²) in [5, 5.41) is 17.1. The molecule has 0 saturated heterocycles. The molecule has 3 N–H and O–H groups in total. The lowest BCUT2D eigenvalue weighted by Gasteiger charge is -2.10. The Kier molecular flexibility index (Phi) is 10.6. The molecule has 0 amide bonds. The summed E-state index contributed by atoms with van der Waals surface area (Å²) in [5.41, 5.74) is 0. The van der Waals surface area contributed by atoms with Gasteiger partial charge in [0.05, 0.1) is 13.2 Å². The number of aliphatic hydroxyl groups excluding tert-OH is 1. The number of hydrogen-bond donors (Lipinski definition) is 3. The van der Waals surface area contributed by atoms with Gasteiger partial charge in [0.25, 0.3) is 0 Å². The molecule has 17 heavy (non-hydrogen) atoms. The van der Waals surface area contributed by atoms with Gasteiger partial charge in [-0.1, -0.05) is 6.07 Å². The van der Waals surface area contributed by atoms with Crippen LogP contribution in [0.3, 0.4) is 0 Å². The first-order valence-corrected chi connectivity index (χ1v) is 6.40. The average molecular weight is 369 g/mol. The van der Waals surface area contributed by atoms with Gasteiger partial charge in [-0.2, -0.15) is 0 Å². The highest BCUT2D eigenvalue weighted by atomic mass is 127. The first-order valence-electron chi connectivity index (χ1n) is 5.52. The van der Waals surface area contributed by atoms with Gasteiger partial charge in [-0.05, 0) is 24.8 Å². The van der Waals surface area contributed by atoms with E-state index in [1.165, 1.54) is 4.88 Å². The van der Waals surface area contributed by atoms with Crippen molar-refractivity contribution < 1.29 is 5.11 Å². The van der Waals surface area contributed by atoms with Crippen LogP contribution in [0.2, 0.25) is 0 Å². The molecule has 1 rings (SSSR count). The monoisotopic (exact) mass is 369 g/mol. The van der Waals surface area contributed by atoms with Crippen molar-refractivity contribution in [3.05, 3.63) is 22.4 Å². The van der Waals surface area contributed by atoms with Gasteiger partial charge in [-0.15, -0.1) is 35.3 Å². The summed E-state index contributed by atoms with van der Waals surface area (Å²) < 4.78 is 0. The molecule has 1 aromatic rings. The van der Waals surface area contributed by atoms with E-state index in [2.05, 4.69) is 33.1 Å². The van der Waals surface area contributed by atoms with Crippen molar-refractivity contribution in [2.24, 2.45) is 4.99 Å². The van der Waals surface area contributed by atoms with Crippen LogP contribution in [0.25, 0.3) is 0 Å². The van der Waals surface area contributed by atoms with Gasteiger partial charge >= 0.3 is 0 Å². The van der Waals surface area contributed by atoms with Gasteiger partial charge in [0.1, 0.15) is 0 Å². The van der Waals surface area contributed by atoms with Crippen molar-refractivity contribution in [3.8, 4) is 0 Å². The normalized spacial score (nSPS) is 10.8. The predicted octanol–water partition coefficient (Wildman–Crippen LogP) is 1.46.